The maximum absolute atomic E-state index is 8.98. The zero-order chi connectivity index (χ0) is 12.5. The maximum Gasteiger partial charge on any atom is 0.0433 e. The van der Waals surface area contributed by atoms with Crippen molar-refractivity contribution in [1.82, 2.24) is 4.90 Å². The Morgan fingerprint density at radius 1 is 1.12 bits per heavy atom. The number of hydrogen-bond donors (Lipinski definition) is 1. The first-order valence-corrected chi connectivity index (χ1v) is 7.66. The fraction of sp³-hybridized carbons (Fsp3) is 1.00. The Hall–Kier alpha value is -0.0800. The summed E-state index contributed by atoms with van der Waals surface area (Å²) in [5.74, 6) is 0.782. The van der Waals surface area contributed by atoms with Crippen molar-refractivity contribution in [2.75, 3.05) is 19.7 Å². The van der Waals surface area contributed by atoms with E-state index in [1.54, 1.807) is 0 Å². The summed E-state index contributed by atoms with van der Waals surface area (Å²) in [4.78, 5) is 2.72. The number of rotatable bonds is 8. The summed E-state index contributed by atoms with van der Waals surface area (Å²) in [6.07, 6.45) is 10.4. The van der Waals surface area contributed by atoms with Crippen molar-refractivity contribution in [1.29, 1.82) is 0 Å². The Balaban J connectivity index is 2.31. The van der Waals surface area contributed by atoms with Crippen molar-refractivity contribution in [3.63, 3.8) is 0 Å². The minimum atomic E-state index is 0.374. The highest BCUT2D eigenvalue weighted by atomic mass is 16.3. The molecule has 2 heteroatoms. The lowest BCUT2D eigenvalue weighted by Gasteiger charge is -2.37. The van der Waals surface area contributed by atoms with Crippen LogP contribution < -0.4 is 0 Å². The van der Waals surface area contributed by atoms with Crippen molar-refractivity contribution in [3.8, 4) is 0 Å². The molecule has 0 radical (unpaired) electrons. The van der Waals surface area contributed by atoms with Crippen molar-refractivity contribution in [2.45, 2.75) is 71.3 Å². The van der Waals surface area contributed by atoms with Crippen molar-refractivity contribution < 1.29 is 5.11 Å². The predicted octanol–water partition coefficient (Wildman–Crippen LogP) is 3.44. The zero-order valence-electron chi connectivity index (χ0n) is 11.8. The van der Waals surface area contributed by atoms with E-state index in [0.29, 0.717) is 6.61 Å². The predicted molar refractivity (Wildman–Crippen MR) is 74.2 cm³/mol. The molecule has 0 amide bonds. The van der Waals surface area contributed by atoms with Gasteiger partial charge in [-0.15, -0.1) is 0 Å². The zero-order valence-corrected chi connectivity index (χ0v) is 11.8. The molecule has 1 unspecified atom stereocenters. The van der Waals surface area contributed by atoms with Crippen LogP contribution in [0.2, 0.25) is 0 Å². The fourth-order valence-corrected chi connectivity index (χ4v) is 3.07. The smallest absolute Gasteiger partial charge is 0.0433 e. The van der Waals surface area contributed by atoms with E-state index in [4.69, 9.17) is 5.11 Å². The van der Waals surface area contributed by atoms with Gasteiger partial charge < -0.3 is 10.0 Å². The Kier molecular flexibility index (Phi) is 7.87. The molecular formula is C15H31NO. The molecule has 1 saturated heterocycles. The van der Waals surface area contributed by atoms with Crippen LogP contribution in [0.1, 0.15) is 65.2 Å². The number of likely N-dealkylation sites (tertiary alicyclic amines) is 1. The molecule has 102 valence electrons. The van der Waals surface area contributed by atoms with Gasteiger partial charge >= 0.3 is 0 Å². The molecule has 0 spiro atoms. The van der Waals surface area contributed by atoms with Gasteiger partial charge in [0.25, 0.3) is 0 Å². The van der Waals surface area contributed by atoms with Crippen LogP contribution in [0.5, 0.6) is 0 Å². The van der Waals surface area contributed by atoms with E-state index in [1.807, 2.05) is 0 Å². The average Bonchev–Trinajstić information content (AvgIpc) is 2.36. The van der Waals surface area contributed by atoms with Crippen LogP contribution in [0.15, 0.2) is 0 Å². The molecule has 1 fully saturated rings. The highest BCUT2D eigenvalue weighted by Gasteiger charge is 2.23. The van der Waals surface area contributed by atoms with Crippen molar-refractivity contribution >= 4 is 0 Å². The molecule has 0 saturated carbocycles. The molecule has 0 aliphatic carbocycles. The number of aliphatic hydroxyl groups is 1. The lowest BCUT2D eigenvalue weighted by atomic mass is 9.91. The number of piperidine rings is 1. The van der Waals surface area contributed by atoms with Crippen LogP contribution in [-0.4, -0.2) is 35.7 Å². The third kappa shape index (κ3) is 5.39. The summed E-state index contributed by atoms with van der Waals surface area (Å²) in [6, 6.07) is 0.829. The molecule has 0 aromatic heterocycles. The second-order valence-corrected chi connectivity index (χ2v) is 5.58. The number of aliphatic hydroxyl groups excluding tert-OH is 1. The molecule has 1 atom stereocenters. The third-order valence-corrected chi connectivity index (χ3v) is 4.22. The van der Waals surface area contributed by atoms with Crippen LogP contribution >= 0.6 is 0 Å². The Bertz CT molecular complexity index is 176. The van der Waals surface area contributed by atoms with Gasteiger partial charge in [-0.2, -0.15) is 0 Å². The first kappa shape index (κ1) is 15.0. The standard InChI is InChI=1S/C15H31NO/c1-3-5-7-15(6-4-2)16-11-8-14(9-12-16)10-13-17/h14-15,17H,3-13H2,1-2H3. The molecule has 1 aliphatic rings. The average molecular weight is 241 g/mol. The quantitative estimate of drug-likeness (QED) is 0.703. The van der Waals surface area contributed by atoms with Crippen molar-refractivity contribution in [2.24, 2.45) is 5.92 Å². The van der Waals surface area contributed by atoms with E-state index in [9.17, 15) is 0 Å². The van der Waals surface area contributed by atoms with Gasteiger partial charge in [-0.25, -0.2) is 0 Å². The van der Waals surface area contributed by atoms with Crippen LogP contribution in [-0.2, 0) is 0 Å². The molecule has 1 aliphatic heterocycles. The number of nitrogens with zero attached hydrogens (tertiary/aromatic N) is 1. The van der Waals surface area contributed by atoms with Gasteiger partial charge in [-0.1, -0.05) is 33.1 Å². The van der Waals surface area contributed by atoms with Crippen LogP contribution in [0.4, 0.5) is 0 Å². The van der Waals surface area contributed by atoms with Crippen LogP contribution in [0.25, 0.3) is 0 Å². The molecule has 0 bridgehead atoms. The lowest BCUT2D eigenvalue weighted by molar-refractivity contribution is 0.107. The molecule has 1 rings (SSSR count). The summed E-state index contributed by atoms with van der Waals surface area (Å²) in [5.41, 5.74) is 0. The summed E-state index contributed by atoms with van der Waals surface area (Å²) < 4.78 is 0. The second kappa shape index (κ2) is 8.93. The van der Waals surface area contributed by atoms with E-state index in [0.717, 1.165) is 18.4 Å². The van der Waals surface area contributed by atoms with Gasteiger partial charge in [0, 0.05) is 12.6 Å². The van der Waals surface area contributed by atoms with Crippen molar-refractivity contribution in [3.05, 3.63) is 0 Å². The molecule has 1 heterocycles. The molecular weight excluding hydrogens is 210 g/mol. The summed E-state index contributed by atoms with van der Waals surface area (Å²) in [7, 11) is 0. The highest BCUT2D eigenvalue weighted by Crippen LogP contribution is 2.24. The molecule has 17 heavy (non-hydrogen) atoms. The van der Waals surface area contributed by atoms with Gasteiger partial charge in [0.15, 0.2) is 0 Å². The topological polar surface area (TPSA) is 23.5 Å². The molecule has 2 nitrogen and oxygen atoms in total. The largest absolute Gasteiger partial charge is 0.396 e. The van der Waals surface area contributed by atoms with Crippen LogP contribution in [0.3, 0.4) is 0 Å². The molecule has 1 N–H and O–H groups in total. The van der Waals surface area contributed by atoms with Gasteiger partial charge in [0.05, 0.1) is 0 Å². The third-order valence-electron chi connectivity index (χ3n) is 4.22. The summed E-state index contributed by atoms with van der Waals surface area (Å²) in [5, 5.41) is 8.98. The first-order chi connectivity index (χ1) is 8.31. The summed E-state index contributed by atoms with van der Waals surface area (Å²) >= 11 is 0. The van der Waals surface area contributed by atoms with E-state index in [-0.39, 0.29) is 0 Å². The second-order valence-electron chi connectivity index (χ2n) is 5.58. The Labute approximate surface area is 107 Å². The minimum Gasteiger partial charge on any atom is -0.396 e. The number of unbranched alkanes of at least 4 members (excludes halogenated alkanes) is 1. The Morgan fingerprint density at radius 2 is 1.82 bits per heavy atom. The highest BCUT2D eigenvalue weighted by molar-refractivity contribution is 4.78. The SMILES string of the molecule is CCCCC(CCC)N1CCC(CCO)CC1. The van der Waals surface area contributed by atoms with Gasteiger partial charge in [-0.3, -0.25) is 0 Å². The Morgan fingerprint density at radius 3 is 2.35 bits per heavy atom. The first-order valence-electron chi connectivity index (χ1n) is 7.66. The normalized spacial score (nSPS) is 20.6. The van der Waals surface area contributed by atoms with E-state index < -0.39 is 0 Å². The van der Waals surface area contributed by atoms with Gasteiger partial charge in [0.1, 0.15) is 0 Å². The molecule has 0 aromatic rings. The molecule has 0 aromatic carbocycles. The van der Waals surface area contributed by atoms with Gasteiger partial charge in [-0.05, 0) is 51.1 Å². The fourth-order valence-electron chi connectivity index (χ4n) is 3.07. The van der Waals surface area contributed by atoms with E-state index in [1.165, 1.54) is 58.0 Å². The minimum absolute atomic E-state index is 0.374. The maximum atomic E-state index is 8.98. The van der Waals surface area contributed by atoms with E-state index >= 15 is 0 Å². The van der Waals surface area contributed by atoms with E-state index in [2.05, 4.69) is 18.7 Å². The summed E-state index contributed by atoms with van der Waals surface area (Å²) in [6.45, 7) is 7.49. The monoisotopic (exact) mass is 241 g/mol. The van der Waals surface area contributed by atoms with Crippen LogP contribution in [0, 0.1) is 5.92 Å². The number of hydrogen-bond acceptors (Lipinski definition) is 2. The van der Waals surface area contributed by atoms with Gasteiger partial charge in [0.2, 0.25) is 0 Å². The lowest BCUT2D eigenvalue weighted by Crippen LogP contribution is -2.41.